The molecule has 0 aliphatic carbocycles. The van der Waals surface area contributed by atoms with Gasteiger partial charge in [-0.1, -0.05) is 29.8 Å². The fourth-order valence-corrected chi connectivity index (χ4v) is 4.70. The van der Waals surface area contributed by atoms with Gasteiger partial charge in [0.2, 0.25) is 0 Å². The number of ether oxygens (including phenoxy) is 2. The van der Waals surface area contributed by atoms with Gasteiger partial charge in [0.25, 0.3) is 0 Å². The largest absolute Gasteiger partial charge is 0.492 e. The Labute approximate surface area is 209 Å². The number of hydrogen-bond donors (Lipinski definition) is 2. The molecule has 1 fully saturated rings. The van der Waals surface area contributed by atoms with Crippen LogP contribution >= 0.6 is 11.6 Å². The number of piperidine rings is 1. The molecule has 2 aromatic carbocycles. The fraction of sp³-hybridized carbons (Fsp3) is 0.556. The molecule has 3 rings (SSSR count). The van der Waals surface area contributed by atoms with E-state index in [0.29, 0.717) is 55.5 Å². The van der Waals surface area contributed by atoms with Crippen LogP contribution in [0.3, 0.4) is 0 Å². The maximum Gasteiger partial charge on any atom is 0.137 e. The number of aliphatic hydroxyl groups is 2. The van der Waals surface area contributed by atoms with Crippen molar-refractivity contribution in [1.82, 2.24) is 9.80 Å². The van der Waals surface area contributed by atoms with E-state index in [1.54, 1.807) is 24.3 Å². The predicted molar refractivity (Wildman–Crippen MR) is 137 cm³/mol. The van der Waals surface area contributed by atoms with E-state index in [9.17, 15) is 10.2 Å². The summed E-state index contributed by atoms with van der Waals surface area (Å²) in [5, 5.41) is 22.1. The third kappa shape index (κ3) is 7.59. The summed E-state index contributed by atoms with van der Waals surface area (Å²) < 4.78 is 11.7. The van der Waals surface area contributed by atoms with Crippen molar-refractivity contribution in [3.05, 3.63) is 59.1 Å². The molecular formula is C27H39ClN2O4. The molecule has 2 aromatic rings. The number of halogens is 1. The molecule has 34 heavy (non-hydrogen) atoms. The maximum absolute atomic E-state index is 11.1. The Morgan fingerprint density at radius 3 is 2.41 bits per heavy atom. The van der Waals surface area contributed by atoms with Gasteiger partial charge in [-0.05, 0) is 70.0 Å². The Balaban J connectivity index is 1.50. The minimum atomic E-state index is -1.34. The van der Waals surface area contributed by atoms with E-state index in [4.69, 9.17) is 21.1 Å². The predicted octanol–water partition coefficient (Wildman–Crippen LogP) is 4.21. The summed E-state index contributed by atoms with van der Waals surface area (Å²) in [6, 6.07) is 16.1. The summed E-state index contributed by atoms with van der Waals surface area (Å²) in [5.74, 6) is 1.43. The average Bonchev–Trinajstić information content (AvgIpc) is 2.78. The van der Waals surface area contributed by atoms with Gasteiger partial charge in [0, 0.05) is 43.3 Å². The SMILES string of the molecule is CC(C)N(CCOc1ccc(CN2CC[C@@H](O)[C@](O)(COc3cccc(Cl)c3)C2)cc1)C(C)C. The summed E-state index contributed by atoms with van der Waals surface area (Å²) >= 11 is 6.01. The number of aliphatic hydroxyl groups excluding tert-OH is 1. The molecule has 0 unspecified atom stereocenters. The van der Waals surface area contributed by atoms with Crippen LogP contribution < -0.4 is 9.47 Å². The topological polar surface area (TPSA) is 65.4 Å². The number of benzene rings is 2. The lowest BCUT2D eigenvalue weighted by molar-refractivity contribution is -0.140. The molecule has 0 aromatic heterocycles. The molecule has 1 aliphatic rings. The van der Waals surface area contributed by atoms with Gasteiger partial charge < -0.3 is 19.7 Å². The van der Waals surface area contributed by atoms with Crippen LogP contribution in [0.2, 0.25) is 5.02 Å². The van der Waals surface area contributed by atoms with Crippen LogP contribution in [0.4, 0.5) is 0 Å². The Bertz CT molecular complexity index is 884. The summed E-state index contributed by atoms with van der Waals surface area (Å²) in [7, 11) is 0. The van der Waals surface area contributed by atoms with Gasteiger partial charge in [-0.3, -0.25) is 9.80 Å². The van der Waals surface area contributed by atoms with E-state index in [1.165, 1.54) is 0 Å². The Morgan fingerprint density at radius 1 is 1.06 bits per heavy atom. The van der Waals surface area contributed by atoms with Crippen LogP contribution in [0.25, 0.3) is 0 Å². The van der Waals surface area contributed by atoms with Crippen molar-refractivity contribution >= 4 is 11.6 Å². The normalized spacial score (nSPS) is 21.4. The first-order valence-corrected chi connectivity index (χ1v) is 12.5. The lowest BCUT2D eigenvalue weighted by Crippen LogP contribution is -2.59. The zero-order valence-electron chi connectivity index (χ0n) is 20.8. The molecule has 6 nitrogen and oxygen atoms in total. The molecular weight excluding hydrogens is 452 g/mol. The highest BCUT2D eigenvalue weighted by Gasteiger charge is 2.42. The number of hydrogen-bond acceptors (Lipinski definition) is 6. The Hall–Kier alpha value is -1.83. The van der Waals surface area contributed by atoms with Crippen LogP contribution in [0, 0.1) is 0 Å². The van der Waals surface area contributed by atoms with Gasteiger partial charge in [-0.2, -0.15) is 0 Å². The van der Waals surface area contributed by atoms with Crippen LogP contribution in [0.15, 0.2) is 48.5 Å². The van der Waals surface area contributed by atoms with Crippen molar-refractivity contribution < 1.29 is 19.7 Å². The number of likely N-dealkylation sites (tertiary alicyclic amines) is 1. The average molecular weight is 491 g/mol. The van der Waals surface area contributed by atoms with Crippen molar-refractivity contribution in [3.8, 4) is 11.5 Å². The van der Waals surface area contributed by atoms with Gasteiger partial charge in [-0.15, -0.1) is 0 Å². The van der Waals surface area contributed by atoms with Gasteiger partial charge in [0.05, 0.1) is 6.10 Å². The van der Waals surface area contributed by atoms with Gasteiger partial charge >= 0.3 is 0 Å². The minimum Gasteiger partial charge on any atom is -0.492 e. The summed E-state index contributed by atoms with van der Waals surface area (Å²) in [6.07, 6.45) is -0.353. The first-order valence-electron chi connectivity index (χ1n) is 12.1. The molecule has 188 valence electrons. The first-order chi connectivity index (χ1) is 16.2. The second-order valence-electron chi connectivity index (χ2n) is 9.78. The van der Waals surface area contributed by atoms with Gasteiger partial charge in [0.1, 0.15) is 30.3 Å². The Kier molecular flexibility index (Phi) is 9.63. The zero-order chi connectivity index (χ0) is 24.7. The second-order valence-corrected chi connectivity index (χ2v) is 10.2. The number of β-amino-alcohol motifs (C(OH)–C–C–N with tert-alkyl or cyclic N) is 1. The van der Waals surface area contributed by atoms with Crippen molar-refractivity contribution in [2.75, 3.05) is 32.8 Å². The summed E-state index contributed by atoms with van der Waals surface area (Å²) in [5.41, 5.74) is -0.213. The molecule has 0 amide bonds. The van der Waals surface area contributed by atoms with E-state index >= 15 is 0 Å². The van der Waals surface area contributed by atoms with Crippen LogP contribution in [-0.2, 0) is 6.54 Å². The highest BCUT2D eigenvalue weighted by Crippen LogP contribution is 2.26. The summed E-state index contributed by atoms with van der Waals surface area (Å²) in [4.78, 5) is 4.56. The fourth-order valence-electron chi connectivity index (χ4n) is 4.52. The number of rotatable bonds is 11. The van der Waals surface area contributed by atoms with Gasteiger partial charge in [0.15, 0.2) is 0 Å². The molecule has 0 saturated carbocycles. The maximum atomic E-state index is 11.1. The third-order valence-electron chi connectivity index (χ3n) is 6.40. The molecule has 2 atom stereocenters. The molecule has 7 heteroatoms. The van der Waals surface area contributed by atoms with Crippen LogP contribution in [0.5, 0.6) is 11.5 Å². The van der Waals surface area contributed by atoms with E-state index < -0.39 is 11.7 Å². The lowest BCUT2D eigenvalue weighted by Gasteiger charge is -2.42. The first kappa shape index (κ1) is 26.8. The van der Waals surface area contributed by atoms with E-state index in [2.05, 4.69) is 49.6 Å². The highest BCUT2D eigenvalue weighted by molar-refractivity contribution is 6.30. The van der Waals surface area contributed by atoms with Crippen molar-refractivity contribution in [2.24, 2.45) is 0 Å². The minimum absolute atomic E-state index is 0.00155. The summed E-state index contributed by atoms with van der Waals surface area (Å²) in [6.45, 7) is 12.1. The smallest absolute Gasteiger partial charge is 0.137 e. The third-order valence-corrected chi connectivity index (χ3v) is 6.63. The zero-order valence-corrected chi connectivity index (χ0v) is 21.5. The lowest BCUT2D eigenvalue weighted by atomic mass is 9.90. The van der Waals surface area contributed by atoms with Crippen LogP contribution in [-0.4, -0.2) is 76.6 Å². The molecule has 2 N–H and O–H groups in total. The second kappa shape index (κ2) is 12.2. The standard InChI is InChI=1S/C27H39ClN2O4/c1-20(2)30(21(3)4)14-15-33-24-10-8-22(9-11-24)17-29-13-12-26(31)27(32,18-29)19-34-25-7-5-6-23(28)16-25/h5-11,16,20-21,26,31-32H,12-15,17-19H2,1-4H3/t26-,27-/m1/s1. The molecule has 1 aliphatic heterocycles. The van der Waals surface area contributed by atoms with Crippen molar-refractivity contribution in [1.29, 1.82) is 0 Å². The van der Waals surface area contributed by atoms with Gasteiger partial charge in [-0.25, -0.2) is 0 Å². The highest BCUT2D eigenvalue weighted by atomic mass is 35.5. The molecule has 0 radical (unpaired) electrons. The van der Waals surface area contributed by atoms with Crippen molar-refractivity contribution in [3.63, 3.8) is 0 Å². The molecule has 0 spiro atoms. The van der Waals surface area contributed by atoms with E-state index in [-0.39, 0.29) is 6.61 Å². The molecule has 0 bridgehead atoms. The molecule has 1 heterocycles. The van der Waals surface area contributed by atoms with Crippen LogP contribution in [0.1, 0.15) is 39.7 Å². The van der Waals surface area contributed by atoms with E-state index in [1.807, 2.05) is 12.1 Å². The van der Waals surface area contributed by atoms with Crippen molar-refractivity contribution in [2.45, 2.75) is 64.4 Å². The Morgan fingerprint density at radius 2 is 1.76 bits per heavy atom. The quantitative estimate of drug-likeness (QED) is 0.492. The monoisotopic (exact) mass is 490 g/mol. The molecule has 1 saturated heterocycles. The van der Waals surface area contributed by atoms with E-state index in [0.717, 1.165) is 17.9 Å². The number of nitrogens with zero attached hydrogens (tertiary/aromatic N) is 2.